The van der Waals surface area contributed by atoms with E-state index in [4.69, 9.17) is 4.52 Å². The summed E-state index contributed by atoms with van der Waals surface area (Å²) in [5.74, 6) is -0.652. The van der Waals surface area contributed by atoms with Crippen LogP contribution in [0.3, 0.4) is 0 Å². The van der Waals surface area contributed by atoms with Gasteiger partial charge in [-0.05, 0) is 12.1 Å². The summed E-state index contributed by atoms with van der Waals surface area (Å²) in [5.41, 5.74) is -6.39. The van der Waals surface area contributed by atoms with Crippen LogP contribution >= 0.6 is 0 Å². The average molecular weight is 398 g/mol. The molecule has 0 radical (unpaired) electrons. The molecule has 1 heterocycles. The van der Waals surface area contributed by atoms with E-state index in [-0.39, 0.29) is 16.8 Å². The molecule has 0 saturated carbocycles. The number of hydrogen-bond donors (Lipinski definition) is 0. The Morgan fingerprint density at radius 2 is 1.56 bits per heavy atom. The summed E-state index contributed by atoms with van der Waals surface area (Å²) >= 11 is 0. The van der Waals surface area contributed by atoms with Gasteiger partial charge in [-0.2, -0.15) is 13.2 Å². The van der Waals surface area contributed by atoms with Crippen molar-refractivity contribution in [1.82, 2.24) is 5.16 Å². The number of halogens is 3. The topological polar surface area (TPSA) is 103 Å². The number of rotatable bonds is 4. The maximum absolute atomic E-state index is 13.2. The van der Waals surface area contributed by atoms with E-state index in [1.54, 1.807) is 6.07 Å². The predicted molar refractivity (Wildman–Crippen MR) is 87.3 cm³/mol. The highest BCUT2D eigenvalue weighted by Crippen LogP contribution is 2.42. The van der Waals surface area contributed by atoms with Crippen LogP contribution in [-0.4, -0.2) is 24.0 Å². The van der Waals surface area contributed by atoms with Crippen LogP contribution in [0.2, 0.25) is 0 Å². The minimum atomic E-state index is -5.81. The quantitative estimate of drug-likeness (QED) is 0.482. The van der Waals surface area contributed by atoms with Gasteiger partial charge in [0.2, 0.25) is 0 Å². The number of sulfone groups is 1. The fourth-order valence-corrected chi connectivity index (χ4v) is 3.39. The van der Waals surface area contributed by atoms with Crippen LogP contribution < -0.4 is 0 Å². The maximum atomic E-state index is 13.2. The molecule has 3 aromatic rings. The van der Waals surface area contributed by atoms with Crippen molar-refractivity contribution in [2.75, 3.05) is 0 Å². The Bertz CT molecular complexity index is 1090. The second-order valence-electron chi connectivity index (χ2n) is 5.31. The van der Waals surface area contributed by atoms with Crippen molar-refractivity contribution < 1.29 is 31.0 Å². The van der Waals surface area contributed by atoms with Gasteiger partial charge in [-0.1, -0.05) is 35.5 Å². The van der Waals surface area contributed by atoms with E-state index in [1.165, 1.54) is 24.3 Å². The molecule has 0 saturated heterocycles. The molecule has 0 fully saturated rings. The number of non-ortho nitro benzene ring substituents is 1. The highest BCUT2D eigenvalue weighted by Gasteiger charge is 2.51. The molecular formula is C16H9F3N2O5S. The summed E-state index contributed by atoms with van der Waals surface area (Å²) < 4.78 is 68.8. The molecule has 140 valence electrons. The zero-order valence-corrected chi connectivity index (χ0v) is 14.0. The zero-order chi connectivity index (χ0) is 19.8. The summed E-state index contributed by atoms with van der Waals surface area (Å²) in [6, 6.07) is 11.6. The molecule has 0 amide bonds. The Labute approximate surface area is 150 Å². The molecule has 11 heteroatoms. The van der Waals surface area contributed by atoms with Gasteiger partial charge in [-0.3, -0.25) is 10.1 Å². The first-order chi connectivity index (χ1) is 12.6. The van der Waals surface area contributed by atoms with Crippen LogP contribution in [0.15, 0.2) is 64.0 Å². The molecule has 27 heavy (non-hydrogen) atoms. The first-order valence-corrected chi connectivity index (χ1v) is 8.72. The van der Waals surface area contributed by atoms with Gasteiger partial charge in [0, 0.05) is 23.3 Å². The Morgan fingerprint density at radius 3 is 2.07 bits per heavy atom. The highest BCUT2D eigenvalue weighted by atomic mass is 32.2. The Kier molecular flexibility index (Phi) is 4.47. The van der Waals surface area contributed by atoms with Crippen LogP contribution in [-0.2, 0) is 9.84 Å². The molecule has 0 atom stereocenters. The molecule has 2 aromatic carbocycles. The summed E-state index contributed by atoms with van der Waals surface area (Å²) in [7, 11) is -5.81. The monoisotopic (exact) mass is 398 g/mol. The first kappa shape index (κ1) is 18.6. The number of benzene rings is 2. The molecular weight excluding hydrogens is 389 g/mol. The van der Waals surface area contributed by atoms with Crippen LogP contribution in [0, 0.1) is 10.1 Å². The van der Waals surface area contributed by atoms with Crippen LogP contribution in [0.5, 0.6) is 0 Å². The summed E-state index contributed by atoms with van der Waals surface area (Å²) in [4.78, 5) is 8.88. The van der Waals surface area contributed by atoms with Gasteiger partial charge in [-0.15, -0.1) is 0 Å². The number of nitrogens with zero attached hydrogens (tertiary/aromatic N) is 2. The number of alkyl halides is 3. The second kappa shape index (κ2) is 6.50. The summed E-state index contributed by atoms with van der Waals surface area (Å²) in [6.07, 6.45) is 0. The van der Waals surface area contributed by atoms with E-state index < -0.39 is 36.6 Å². The largest absolute Gasteiger partial charge is 0.502 e. The molecule has 7 nitrogen and oxygen atoms in total. The lowest BCUT2D eigenvalue weighted by molar-refractivity contribution is -0.384. The number of hydrogen-bond acceptors (Lipinski definition) is 6. The third kappa shape index (κ3) is 3.28. The van der Waals surface area contributed by atoms with Crippen molar-refractivity contribution in [2.45, 2.75) is 10.4 Å². The Hall–Kier alpha value is -3.21. The van der Waals surface area contributed by atoms with Gasteiger partial charge < -0.3 is 4.52 Å². The lowest BCUT2D eigenvalue weighted by Gasteiger charge is -2.09. The lowest BCUT2D eigenvalue weighted by atomic mass is 10.1. The van der Waals surface area contributed by atoms with E-state index in [0.717, 1.165) is 24.3 Å². The van der Waals surface area contributed by atoms with Crippen LogP contribution in [0.25, 0.3) is 22.6 Å². The Morgan fingerprint density at radius 1 is 0.963 bits per heavy atom. The standard InChI is InChI=1S/C16H9F3N2O5S/c17-16(18,19)27(24,25)15-13(10-4-2-1-3-5-10)20-26-14(15)11-6-8-12(9-7-11)21(22)23/h1-9H. The predicted octanol–water partition coefficient (Wildman–Crippen LogP) is 4.21. The fraction of sp³-hybridized carbons (Fsp3) is 0.0625. The smallest absolute Gasteiger partial charge is 0.354 e. The normalized spacial score (nSPS) is 12.1. The third-order valence-electron chi connectivity index (χ3n) is 3.61. The summed E-state index contributed by atoms with van der Waals surface area (Å²) in [5, 5.41) is 14.2. The SMILES string of the molecule is O=[N+]([O-])c1ccc(-c2onc(-c3ccccc3)c2S(=O)(=O)C(F)(F)F)cc1. The van der Waals surface area contributed by atoms with Gasteiger partial charge in [0.1, 0.15) is 5.69 Å². The van der Waals surface area contributed by atoms with E-state index in [2.05, 4.69) is 5.16 Å². The van der Waals surface area contributed by atoms with Gasteiger partial charge >= 0.3 is 5.51 Å². The van der Waals surface area contributed by atoms with Gasteiger partial charge in [0.25, 0.3) is 15.5 Å². The van der Waals surface area contributed by atoms with E-state index >= 15 is 0 Å². The molecule has 3 rings (SSSR count). The van der Waals surface area contributed by atoms with Crippen molar-refractivity contribution in [2.24, 2.45) is 0 Å². The van der Waals surface area contributed by atoms with Crippen molar-refractivity contribution in [3.8, 4) is 22.6 Å². The first-order valence-electron chi connectivity index (χ1n) is 7.24. The summed E-state index contributed by atoms with van der Waals surface area (Å²) in [6.45, 7) is 0. The second-order valence-corrected chi connectivity index (χ2v) is 7.19. The fourth-order valence-electron chi connectivity index (χ4n) is 2.34. The van der Waals surface area contributed by atoms with Gasteiger partial charge in [0.05, 0.1) is 4.92 Å². The average Bonchev–Trinajstić information content (AvgIpc) is 3.07. The molecule has 0 bridgehead atoms. The maximum Gasteiger partial charge on any atom is 0.502 e. The van der Waals surface area contributed by atoms with Crippen LogP contribution in [0.1, 0.15) is 0 Å². The molecule has 0 N–H and O–H groups in total. The molecule has 0 aliphatic rings. The zero-order valence-electron chi connectivity index (χ0n) is 13.2. The van der Waals surface area contributed by atoms with Gasteiger partial charge in [-0.25, -0.2) is 8.42 Å². The lowest BCUT2D eigenvalue weighted by Crippen LogP contribution is -2.24. The minimum absolute atomic E-state index is 0.0990. The van der Waals surface area contributed by atoms with Crippen molar-refractivity contribution >= 4 is 15.5 Å². The van der Waals surface area contributed by atoms with Crippen molar-refractivity contribution in [1.29, 1.82) is 0 Å². The molecule has 1 aromatic heterocycles. The van der Waals surface area contributed by atoms with Crippen LogP contribution in [0.4, 0.5) is 18.9 Å². The van der Waals surface area contributed by atoms with E-state index in [9.17, 15) is 31.7 Å². The number of aromatic nitrogens is 1. The van der Waals surface area contributed by atoms with E-state index in [0.29, 0.717) is 0 Å². The number of nitro benzene ring substituents is 1. The van der Waals surface area contributed by atoms with E-state index in [1.807, 2.05) is 0 Å². The minimum Gasteiger partial charge on any atom is -0.354 e. The molecule has 0 aliphatic heterocycles. The molecule has 0 aliphatic carbocycles. The van der Waals surface area contributed by atoms with Crippen molar-refractivity contribution in [3.05, 3.63) is 64.7 Å². The highest BCUT2D eigenvalue weighted by molar-refractivity contribution is 7.92. The Balaban J connectivity index is 2.27. The third-order valence-corrected chi connectivity index (χ3v) is 5.14. The van der Waals surface area contributed by atoms with Crippen molar-refractivity contribution in [3.63, 3.8) is 0 Å². The molecule has 0 unspecified atom stereocenters. The number of nitro groups is 1. The molecule has 0 spiro atoms. The van der Waals surface area contributed by atoms with Gasteiger partial charge in [0.15, 0.2) is 10.7 Å².